The highest BCUT2D eigenvalue weighted by Gasteiger charge is 2.20. The summed E-state index contributed by atoms with van der Waals surface area (Å²) in [5.74, 6) is 7.43. The van der Waals surface area contributed by atoms with Crippen molar-refractivity contribution in [1.82, 2.24) is 47.8 Å². The van der Waals surface area contributed by atoms with Gasteiger partial charge >= 0.3 is 0 Å². The molecule has 0 atom stereocenters. The highest BCUT2D eigenvalue weighted by atomic mass is 32.1. The molecule has 5 aromatic carbocycles. The molecule has 594 valence electrons. The smallest absolute Gasteiger partial charge is 0.251 e. The molecule has 22 nitrogen and oxygen atoms in total. The van der Waals surface area contributed by atoms with Crippen molar-refractivity contribution in [1.29, 1.82) is 0 Å². The van der Waals surface area contributed by atoms with E-state index in [1.807, 2.05) is 152 Å². The lowest BCUT2D eigenvalue weighted by Gasteiger charge is -2.04. The van der Waals surface area contributed by atoms with E-state index in [9.17, 15) is 47.9 Å². The fourth-order valence-electron chi connectivity index (χ4n) is 11.4. The van der Waals surface area contributed by atoms with Gasteiger partial charge in [-0.15, -0.1) is 53.3 Å². The van der Waals surface area contributed by atoms with Crippen molar-refractivity contribution in [2.45, 2.75) is 64.8 Å². The van der Waals surface area contributed by atoms with Crippen LogP contribution in [0.15, 0.2) is 319 Å². The predicted octanol–water partition coefficient (Wildman–Crippen LogP) is 14.2. The first-order chi connectivity index (χ1) is 58.3. The van der Waals surface area contributed by atoms with Crippen molar-refractivity contribution in [2.24, 2.45) is 0 Å². The second-order valence-electron chi connectivity index (χ2n) is 26.4. The Morgan fingerprint density at radius 2 is 0.650 bits per heavy atom. The van der Waals surface area contributed by atoms with Gasteiger partial charge in [-0.05, 0) is 69.3 Å². The maximum atomic E-state index is 12.4. The normalized spacial score (nSPS) is 10.4. The number of ketones is 5. The molecule has 10 heterocycles. The number of hydrogen-bond donors (Lipinski definition) is 0. The van der Waals surface area contributed by atoms with E-state index < -0.39 is 0 Å². The Kier molecular flexibility index (Phi) is 30.6. The van der Waals surface area contributed by atoms with Gasteiger partial charge < -0.3 is 31.7 Å². The first kappa shape index (κ1) is 85.6. The fraction of sp³-hybridized carbons (Fsp3) is 0.105. The van der Waals surface area contributed by atoms with Gasteiger partial charge in [0.2, 0.25) is 17.3 Å². The molecule has 0 radical (unpaired) electrons. The van der Waals surface area contributed by atoms with E-state index in [2.05, 4.69) is 55.8 Å². The van der Waals surface area contributed by atoms with Crippen LogP contribution < -0.4 is 27.8 Å². The number of carbonyl (C=O) groups is 5. The molecular weight excluding hydrogens is 1570 g/mol. The molecule has 0 unspecified atom stereocenters. The molecular formula is C95H74N10O12S3. The highest BCUT2D eigenvalue weighted by Crippen LogP contribution is 2.22. The Morgan fingerprint density at radius 3 is 0.983 bits per heavy atom. The number of benzene rings is 5. The van der Waals surface area contributed by atoms with Crippen LogP contribution >= 0.6 is 34.0 Å². The summed E-state index contributed by atoms with van der Waals surface area (Å²) < 4.78 is 17.7. The maximum absolute atomic E-state index is 12.4. The number of terminal acetylenes is 3. The largest absolute Gasteiger partial charge is 0.437 e. The Hall–Kier alpha value is -15.3. The SMILES string of the molecule is C#Cc1ccc(=O)n(CC(=O)c2cnc(Cc3ccccc3)o2)c1.C#Cc1ccc(=O)n(CC(=O)c2cnc(Cc3ccccc3)s2)c1.C#Cc1ccc(=O)n(CC(=O)c2csc(Cc3ccccc3)n2)c1.C=Cc1ccc(=O)n(CC(=O)c2cnc(Cc3ccccc3)o2)c1.C=Cc1ccc(=O)n(CC(=O)c2cnc(Cc3ccccc3)s2)c1. The van der Waals surface area contributed by atoms with E-state index in [0.29, 0.717) is 76.0 Å². The van der Waals surface area contributed by atoms with Crippen molar-refractivity contribution in [3.05, 3.63) is 448 Å². The number of Topliss-reactive ketones (excluding diaryl/α,β-unsaturated/α-hetero) is 5. The molecule has 0 spiro atoms. The van der Waals surface area contributed by atoms with Gasteiger partial charge in [0.25, 0.3) is 27.8 Å². The third-order valence-electron chi connectivity index (χ3n) is 17.6. The Labute approximate surface area is 700 Å². The van der Waals surface area contributed by atoms with Gasteiger partial charge in [-0.3, -0.25) is 47.9 Å². The number of thiazole rings is 3. The van der Waals surface area contributed by atoms with E-state index in [1.165, 1.54) is 124 Å². The predicted molar refractivity (Wildman–Crippen MR) is 465 cm³/mol. The van der Waals surface area contributed by atoms with E-state index >= 15 is 0 Å². The molecule has 0 bridgehead atoms. The van der Waals surface area contributed by atoms with Gasteiger partial charge in [-0.1, -0.05) is 195 Å². The van der Waals surface area contributed by atoms with Gasteiger partial charge in [-0.2, -0.15) is 0 Å². The molecule has 15 aromatic rings. The number of hydrogen-bond acceptors (Lipinski definition) is 20. The monoisotopic (exact) mass is 1640 g/mol. The first-order valence-corrected chi connectivity index (χ1v) is 39.5. The fourth-order valence-corrected chi connectivity index (χ4v) is 14.0. The topological polar surface area (TPSA) is 286 Å². The lowest BCUT2D eigenvalue weighted by atomic mass is 10.2. The van der Waals surface area contributed by atoms with Crippen LogP contribution in [0.1, 0.15) is 133 Å². The summed E-state index contributed by atoms with van der Waals surface area (Å²) in [4.78, 5) is 143. The summed E-state index contributed by atoms with van der Waals surface area (Å²) in [6, 6.07) is 64.2. The van der Waals surface area contributed by atoms with Crippen LogP contribution in [0, 0.1) is 37.0 Å². The number of rotatable bonds is 27. The van der Waals surface area contributed by atoms with Crippen molar-refractivity contribution in [3.63, 3.8) is 0 Å². The van der Waals surface area contributed by atoms with E-state index in [1.54, 1.807) is 66.6 Å². The van der Waals surface area contributed by atoms with Crippen molar-refractivity contribution < 1.29 is 32.8 Å². The molecule has 0 N–H and O–H groups in total. The molecule has 0 aliphatic heterocycles. The minimum Gasteiger partial charge on any atom is -0.437 e. The van der Waals surface area contributed by atoms with Crippen LogP contribution in [0.25, 0.3) is 12.2 Å². The van der Waals surface area contributed by atoms with Crippen molar-refractivity contribution in [2.75, 3.05) is 0 Å². The number of aromatic nitrogens is 10. The molecule has 0 aliphatic rings. The zero-order valence-electron chi connectivity index (χ0n) is 64.4. The Morgan fingerprint density at radius 1 is 0.350 bits per heavy atom. The van der Waals surface area contributed by atoms with Crippen LogP contribution in [0.5, 0.6) is 0 Å². The quantitative estimate of drug-likeness (QED) is 0.0341. The highest BCUT2D eigenvalue weighted by molar-refractivity contribution is 7.14. The molecule has 25 heteroatoms. The third kappa shape index (κ3) is 25.3. The van der Waals surface area contributed by atoms with Crippen LogP contribution in [0.3, 0.4) is 0 Å². The lowest BCUT2D eigenvalue weighted by molar-refractivity contribution is 0.0935. The minimum absolute atomic E-state index is 0.00742. The number of nitrogens with zero attached hydrogens (tertiary/aromatic N) is 10. The van der Waals surface area contributed by atoms with Crippen molar-refractivity contribution in [3.8, 4) is 37.0 Å². The average Bonchev–Trinajstić information content (AvgIpc) is 1.53. The average molecular weight is 1640 g/mol. The molecule has 15 rings (SSSR count). The molecule has 120 heavy (non-hydrogen) atoms. The summed E-state index contributed by atoms with van der Waals surface area (Å²) in [5.41, 5.74) is 7.86. The molecule has 0 amide bonds. The van der Waals surface area contributed by atoms with Crippen LogP contribution in [0.2, 0.25) is 0 Å². The third-order valence-corrected chi connectivity index (χ3v) is 20.6. The van der Waals surface area contributed by atoms with Gasteiger partial charge in [0.15, 0.2) is 34.9 Å². The zero-order valence-corrected chi connectivity index (χ0v) is 66.9. The number of pyridine rings is 5. The second-order valence-corrected chi connectivity index (χ2v) is 29.6. The zero-order chi connectivity index (χ0) is 84.7. The second kappa shape index (κ2) is 42.9. The van der Waals surface area contributed by atoms with E-state index in [0.717, 1.165) is 54.0 Å². The first-order valence-electron chi connectivity index (χ1n) is 37.0. The number of oxazole rings is 2. The summed E-state index contributed by atoms with van der Waals surface area (Å²) in [5, 5.41) is 4.36. The summed E-state index contributed by atoms with van der Waals surface area (Å²) >= 11 is 4.17. The van der Waals surface area contributed by atoms with E-state index in [-0.39, 0.29) is 101 Å². The van der Waals surface area contributed by atoms with Crippen molar-refractivity contribution >= 4 is 75.1 Å². The van der Waals surface area contributed by atoms with Gasteiger partial charge in [0.1, 0.15) is 5.69 Å². The van der Waals surface area contributed by atoms with Crippen LogP contribution in [-0.4, -0.2) is 76.7 Å². The summed E-state index contributed by atoms with van der Waals surface area (Å²) in [6.07, 6.45) is 36.0. The molecule has 0 saturated heterocycles. The van der Waals surface area contributed by atoms with E-state index in [4.69, 9.17) is 28.1 Å². The minimum atomic E-state index is -0.335. The van der Waals surface area contributed by atoms with Crippen LogP contribution in [0.4, 0.5) is 0 Å². The van der Waals surface area contributed by atoms with Crippen LogP contribution in [-0.2, 0) is 64.8 Å². The maximum Gasteiger partial charge on any atom is 0.251 e. The van der Waals surface area contributed by atoms with Gasteiger partial charge in [-0.25, -0.2) is 24.9 Å². The summed E-state index contributed by atoms with van der Waals surface area (Å²) in [6.45, 7) is 6.99. The Balaban J connectivity index is 0.000000147. The lowest BCUT2D eigenvalue weighted by Crippen LogP contribution is -2.23. The van der Waals surface area contributed by atoms with Gasteiger partial charge in [0, 0.05) is 128 Å². The molecule has 10 aromatic heterocycles. The molecule has 0 aliphatic carbocycles. The standard InChI is InChI=1S/C19H16N2O3.C19H14N2O3.C19H16N2O2S.2C19H14N2O2S/c4*1-2-14-8-9-19(23)21(12-14)13-16(22)17-11-20-18(24-17)10-15-6-4-3-5-7-15;1-2-14-8-9-19(23)21(11-14)12-17(22)16-13-24-18(20-16)10-15-6-4-3-5-7-15/h2-9,11-12H,1,10,13H2;1,3-9,11-12H,10,13H2;2-9,11-12H,1,10,13H2;1,3-9,11-12H,10,13H2;1,3-9,11,13H,10,12H2. The van der Waals surface area contributed by atoms with Gasteiger partial charge in [0.05, 0.1) is 69.9 Å². The summed E-state index contributed by atoms with van der Waals surface area (Å²) in [7, 11) is 0. The molecule has 0 saturated carbocycles. The number of carbonyl (C=O) groups excluding carboxylic acids is 5. The Bertz CT molecular complexity index is 6050. The molecule has 0 fully saturated rings.